The highest BCUT2D eigenvalue weighted by molar-refractivity contribution is 5.93. The number of nitrogens with one attached hydrogen (secondary N) is 1. The van der Waals surface area contributed by atoms with E-state index in [0.717, 1.165) is 0 Å². The number of rotatable bonds is 7. The van der Waals surface area contributed by atoms with Gasteiger partial charge in [0.1, 0.15) is 5.75 Å². The van der Waals surface area contributed by atoms with Crippen LogP contribution in [0.15, 0.2) is 48.5 Å². The number of hydrogen-bond acceptors (Lipinski definition) is 6. The lowest BCUT2D eigenvalue weighted by Gasteiger charge is -2.14. The molecule has 0 bridgehead atoms. The number of carbonyl (C=O) groups is 2. The first-order valence-corrected chi connectivity index (χ1v) is 7.80. The van der Waals surface area contributed by atoms with Gasteiger partial charge in [-0.3, -0.25) is 14.9 Å². The fourth-order valence-corrected chi connectivity index (χ4v) is 2.09. The quantitative estimate of drug-likeness (QED) is 0.463. The van der Waals surface area contributed by atoms with Crippen LogP contribution in [0, 0.1) is 17.0 Å². The molecule has 0 aromatic heterocycles. The number of anilines is 1. The van der Waals surface area contributed by atoms with Crippen molar-refractivity contribution in [2.75, 3.05) is 11.9 Å². The van der Waals surface area contributed by atoms with Crippen LogP contribution in [0.5, 0.6) is 5.75 Å². The maximum absolute atomic E-state index is 11.9. The lowest BCUT2D eigenvalue weighted by atomic mass is 10.2. The molecule has 8 heteroatoms. The summed E-state index contributed by atoms with van der Waals surface area (Å²) in [6, 6.07) is 12.8. The predicted octanol–water partition coefficient (Wildman–Crippen LogP) is 2.85. The van der Waals surface area contributed by atoms with E-state index in [9.17, 15) is 19.7 Å². The van der Waals surface area contributed by atoms with Crippen LogP contribution in [0.1, 0.15) is 12.5 Å². The molecule has 2 rings (SSSR count). The predicted molar refractivity (Wildman–Crippen MR) is 94.0 cm³/mol. The van der Waals surface area contributed by atoms with Crippen molar-refractivity contribution in [1.82, 2.24) is 0 Å². The van der Waals surface area contributed by atoms with Crippen molar-refractivity contribution < 1.29 is 24.0 Å². The van der Waals surface area contributed by atoms with E-state index in [0.29, 0.717) is 17.0 Å². The Morgan fingerprint density at radius 3 is 2.50 bits per heavy atom. The van der Waals surface area contributed by atoms with Crippen LogP contribution in [-0.2, 0) is 14.3 Å². The zero-order chi connectivity index (χ0) is 19.1. The maximum Gasteiger partial charge on any atom is 0.347 e. The van der Waals surface area contributed by atoms with E-state index in [1.807, 2.05) is 6.07 Å². The molecule has 0 saturated heterocycles. The number of benzene rings is 2. The first kappa shape index (κ1) is 18.9. The maximum atomic E-state index is 11.9. The number of nitro benzene ring substituents is 1. The Labute approximate surface area is 149 Å². The standard InChI is InChI=1S/C18H18N2O6/c1-12-10-14(20(23)24)8-9-16(12)19-17(21)11-25-18(22)13(2)26-15-6-4-3-5-7-15/h3-10,13H,11H2,1-2H3,(H,19,21)/t13-/m1/s1. The summed E-state index contributed by atoms with van der Waals surface area (Å²) in [6.07, 6.45) is -0.869. The number of nitro groups is 1. The van der Waals surface area contributed by atoms with Crippen molar-refractivity contribution in [3.63, 3.8) is 0 Å². The van der Waals surface area contributed by atoms with E-state index in [1.54, 1.807) is 31.2 Å². The Morgan fingerprint density at radius 1 is 1.19 bits per heavy atom. The Balaban J connectivity index is 1.84. The van der Waals surface area contributed by atoms with Crippen LogP contribution in [-0.4, -0.2) is 29.5 Å². The van der Waals surface area contributed by atoms with E-state index < -0.39 is 29.5 Å². The molecule has 26 heavy (non-hydrogen) atoms. The summed E-state index contributed by atoms with van der Waals surface area (Å²) in [4.78, 5) is 34.0. The summed E-state index contributed by atoms with van der Waals surface area (Å²) < 4.78 is 10.3. The van der Waals surface area contributed by atoms with E-state index in [1.165, 1.54) is 25.1 Å². The summed E-state index contributed by atoms with van der Waals surface area (Å²) in [5.41, 5.74) is 0.865. The summed E-state index contributed by atoms with van der Waals surface area (Å²) in [6.45, 7) is 2.66. The molecule has 0 unspecified atom stereocenters. The van der Waals surface area contributed by atoms with Crippen molar-refractivity contribution in [1.29, 1.82) is 0 Å². The topological polar surface area (TPSA) is 108 Å². The molecule has 2 aromatic rings. The third kappa shape index (κ3) is 5.30. The largest absolute Gasteiger partial charge is 0.479 e. The Morgan fingerprint density at radius 2 is 1.88 bits per heavy atom. The molecule has 0 aliphatic carbocycles. The number of para-hydroxylation sites is 1. The molecule has 8 nitrogen and oxygen atoms in total. The van der Waals surface area contributed by atoms with Crippen LogP contribution in [0.2, 0.25) is 0 Å². The monoisotopic (exact) mass is 358 g/mol. The van der Waals surface area contributed by atoms with Gasteiger partial charge in [0.05, 0.1) is 4.92 Å². The van der Waals surface area contributed by atoms with Gasteiger partial charge in [-0.1, -0.05) is 18.2 Å². The van der Waals surface area contributed by atoms with Gasteiger partial charge in [-0.25, -0.2) is 4.79 Å². The first-order valence-electron chi connectivity index (χ1n) is 7.80. The van der Waals surface area contributed by atoms with Crippen LogP contribution in [0.25, 0.3) is 0 Å². The summed E-state index contributed by atoms with van der Waals surface area (Å²) in [5.74, 6) is -0.713. The molecule has 1 amide bonds. The van der Waals surface area contributed by atoms with Gasteiger partial charge >= 0.3 is 5.97 Å². The third-order valence-corrected chi connectivity index (χ3v) is 3.43. The van der Waals surface area contributed by atoms with Crippen LogP contribution in [0.4, 0.5) is 11.4 Å². The number of carbonyl (C=O) groups excluding carboxylic acids is 2. The summed E-state index contributed by atoms with van der Waals surface area (Å²) >= 11 is 0. The molecule has 0 saturated carbocycles. The van der Waals surface area contributed by atoms with Crippen molar-refractivity contribution in [3.8, 4) is 5.75 Å². The molecule has 0 spiro atoms. The third-order valence-electron chi connectivity index (χ3n) is 3.43. The van der Waals surface area contributed by atoms with Crippen molar-refractivity contribution in [2.45, 2.75) is 20.0 Å². The van der Waals surface area contributed by atoms with Crippen LogP contribution < -0.4 is 10.1 Å². The van der Waals surface area contributed by atoms with Crippen molar-refractivity contribution >= 4 is 23.3 Å². The average Bonchev–Trinajstić information content (AvgIpc) is 2.62. The Kier molecular flexibility index (Phi) is 6.26. The number of non-ortho nitro benzene ring substituents is 1. The first-order chi connectivity index (χ1) is 12.4. The van der Waals surface area contributed by atoms with Crippen molar-refractivity contribution in [2.24, 2.45) is 0 Å². The van der Waals surface area contributed by atoms with Gasteiger partial charge in [0.25, 0.3) is 11.6 Å². The van der Waals surface area contributed by atoms with E-state index >= 15 is 0 Å². The minimum atomic E-state index is -0.869. The number of amides is 1. The van der Waals surface area contributed by atoms with Gasteiger partial charge in [0.15, 0.2) is 12.7 Å². The lowest BCUT2D eigenvalue weighted by molar-refractivity contribution is -0.384. The molecule has 2 aromatic carbocycles. The normalized spacial score (nSPS) is 11.3. The minimum Gasteiger partial charge on any atom is -0.479 e. The zero-order valence-corrected chi connectivity index (χ0v) is 14.3. The molecule has 0 fully saturated rings. The Bertz CT molecular complexity index is 807. The summed E-state index contributed by atoms with van der Waals surface area (Å²) in [7, 11) is 0. The molecular formula is C18H18N2O6. The minimum absolute atomic E-state index is 0.0705. The zero-order valence-electron chi connectivity index (χ0n) is 14.3. The molecular weight excluding hydrogens is 340 g/mol. The van der Waals surface area contributed by atoms with Gasteiger partial charge < -0.3 is 14.8 Å². The molecule has 0 aliphatic rings. The van der Waals surface area contributed by atoms with Crippen LogP contribution >= 0.6 is 0 Å². The van der Waals surface area contributed by atoms with Crippen LogP contribution in [0.3, 0.4) is 0 Å². The molecule has 0 aliphatic heterocycles. The molecule has 0 radical (unpaired) electrons. The molecule has 136 valence electrons. The highest BCUT2D eigenvalue weighted by atomic mass is 16.6. The second kappa shape index (κ2) is 8.61. The van der Waals surface area contributed by atoms with E-state index in [-0.39, 0.29) is 5.69 Å². The number of ether oxygens (including phenoxy) is 2. The lowest BCUT2D eigenvalue weighted by Crippen LogP contribution is -2.29. The van der Waals surface area contributed by atoms with Gasteiger partial charge in [-0.2, -0.15) is 0 Å². The number of nitrogens with zero attached hydrogens (tertiary/aromatic N) is 1. The molecule has 0 heterocycles. The second-order valence-electron chi connectivity index (χ2n) is 5.49. The molecule has 1 N–H and O–H groups in total. The van der Waals surface area contributed by atoms with E-state index in [2.05, 4.69) is 5.32 Å². The SMILES string of the molecule is Cc1cc([N+](=O)[O-])ccc1NC(=O)COC(=O)[C@@H](C)Oc1ccccc1. The number of aryl methyl sites for hydroxylation is 1. The average molecular weight is 358 g/mol. The smallest absolute Gasteiger partial charge is 0.347 e. The number of esters is 1. The van der Waals surface area contributed by atoms with Gasteiger partial charge in [-0.15, -0.1) is 0 Å². The molecule has 1 atom stereocenters. The highest BCUT2D eigenvalue weighted by Gasteiger charge is 2.18. The van der Waals surface area contributed by atoms with Gasteiger partial charge in [0, 0.05) is 17.8 Å². The van der Waals surface area contributed by atoms with Gasteiger partial charge in [-0.05, 0) is 37.6 Å². The second-order valence-corrected chi connectivity index (χ2v) is 5.49. The van der Waals surface area contributed by atoms with Gasteiger partial charge in [0.2, 0.25) is 0 Å². The summed E-state index contributed by atoms with van der Waals surface area (Å²) in [5, 5.41) is 13.2. The number of hydrogen-bond donors (Lipinski definition) is 1. The highest BCUT2D eigenvalue weighted by Crippen LogP contribution is 2.21. The fourth-order valence-electron chi connectivity index (χ4n) is 2.09. The van der Waals surface area contributed by atoms with E-state index in [4.69, 9.17) is 9.47 Å². The fraction of sp³-hybridized carbons (Fsp3) is 0.222. The Hall–Kier alpha value is -3.42. The van der Waals surface area contributed by atoms with Crippen molar-refractivity contribution in [3.05, 3.63) is 64.2 Å².